The van der Waals surface area contributed by atoms with Crippen LogP contribution in [0.1, 0.15) is 36.5 Å². The van der Waals surface area contributed by atoms with Gasteiger partial charge in [0.2, 0.25) is 0 Å². The Hall–Kier alpha value is -1.06. The van der Waals surface area contributed by atoms with E-state index in [9.17, 15) is 5.11 Å². The van der Waals surface area contributed by atoms with E-state index in [0.29, 0.717) is 6.42 Å². The summed E-state index contributed by atoms with van der Waals surface area (Å²) in [7, 11) is 1.61. The third-order valence-corrected chi connectivity index (χ3v) is 2.63. The van der Waals surface area contributed by atoms with Crippen LogP contribution in [0.5, 0.6) is 5.75 Å². The summed E-state index contributed by atoms with van der Waals surface area (Å²) in [5.74, 6) is 0.724. The zero-order chi connectivity index (χ0) is 12.0. The van der Waals surface area contributed by atoms with Gasteiger partial charge in [-0.05, 0) is 38.3 Å². The molecule has 1 aromatic carbocycles. The summed E-state index contributed by atoms with van der Waals surface area (Å²) < 4.78 is 5.22. The second-order valence-corrected chi connectivity index (χ2v) is 3.98. The molecule has 3 nitrogen and oxygen atoms in total. The number of benzene rings is 1. The average Bonchev–Trinajstić information content (AvgIpc) is 2.29. The molecule has 0 amide bonds. The van der Waals surface area contributed by atoms with Crippen molar-refractivity contribution in [2.24, 2.45) is 0 Å². The van der Waals surface area contributed by atoms with E-state index in [4.69, 9.17) is 9.84 Å². The molecule has 0 fully saturated rings. The van der Waals surface area contributed by atoms with Gasteiger partial charge in [-0.3, -0.25) is 0 Å². The van der Waals surface area contributed by atoms with E-state index in [0.717, 1.165) is 29.7 Å². The van der Waals surface area contributed by atoms with Gasteiger partial charge in [-0.2, -0.15) is 0 Å². The molecule has 1 aromatic rings. The molecule has 0 aliphatic heterocycles. The number of ether oxygens (including phenoxy) is 1. The predicted molar refractivity (Wildman–Crippen MR) is 63.6 cm³/mol. The van der Waals surface area contributed by atoms with Gasteiger partial charge >= 0.3 is 0 Å². The first-order valence-electron chi connectivity index (χ1n) is 5.62. The van der Waals surface area contributed by atoms with Crippen molar-refractivity contribution in [2.75, 3.05) is 13.7 Å². The Bertz CT molecular complexity index is 323. The van der Waals surface area contributed by atoms with Crippen LogP contribution in [0.4, 0.5) is 0 Å². The highest BCUT2D eigenvalue weighted by Crippen LogP contribution is 2.29. The average molecular weight is 224 g/mol. The Morgan fingerprint density at radius 3 is 2.69 bits per heavy atom. The first-order chi connectivity index (χ1) is 7.69. The van der Waals surface area contributed by atoms with E-state index in [-0.39, 0.29) is 6.61 Å². The Labute approximate surface area is 96.7 Å². The maximum Gasteiger partial charge on any atom is 0.124 e. The fourth-order valence-electron chi connectivity index (χ4n) is 1.72. The standard InChI is InChI=1S/C13H20O3/c1-10-6-7-13(16-2)11(9-10)12(15)5-3-4-8-14/h6-7,9,12,14-15H,3-5,8H2,1-2H3. The normalized spacial score (nSPS) is 12.5. The maximum absolute atomic E-state index is 10.0. The molecule has 0 aliphatic rings. The van der Waals surface area contributed by atoms with E-state index in [2.05, 4.69) is 0 Å². The lowest BCUT2D eigenvalue weighted by atomic mass is 10.0. The molecule has 0 aromatic heterocycles. The first-order valence-corrected chi connectivity index (χ1v) is 5.62. The Morgan fingerprint density at radius 1 is 1.31 bits per heavy atom. The molecule has 0 heterocycles. The number of hydrogen-bond acceptors (Lipinski definition) is 3. The molecular weight excluding hydrogens is 204 g/mol. The number of aliphatic hydroxyl groups excluding tert-OH is 2. The summed E-state index contributed by atoms with van der Waals surface area (Å²) in [6.07, 6.45) is 1.68. The molecule has 0 aliphatic carbocycles. The van der Waals surface area contributed by atoms with Crippen LogP contribution in [-0.2, 0) is 0 Å². The topological polar surface area (TPSA) is 49.7 Å². The monoisotopic (exact) mass is 224 g/mol. The van der Waals surface area contributed by atoms with Gasteiger partial charge in [0, 0.05) is 12.2 Å². The largest absolute Gasteiger partial charge is 0.496 e. The maximum atomic E-state index is 10.0. The van der Waals surface area contributed by atoms with Crippen LogP contribution in [0.2, 0.25) is 0 Å². The second kappa shape index (κ2) is 6.51. The minimum Gasteiger partial charge on any atom is -0.496 e. The van der Waals surface area contributed by atoms with Crippen molar-refractivity contribution in [1.82, 2.24) is 0 Å². The van der Waals surface area contributed by atoms with Crippen LogP contribution in [0.15, 0.2) is 18.2 Å². The molecule has 0 saturated carbocycles. The Balaban J connectivity index is 2.72. The van der Waals surface area contributed by atoms with Crippen molar-refractivity contribution in [3.63, 3.8) is 0 Å². The molecular formula is C13H20O3. The SMILES string of the molecule is COc1ccc(C)cc1C(O)CCCCO. The number of rotatable bonds is 6. The fourth-order valence-corrected chi connectivity index (χ4v) is 1.72. The smallest absolute Gasteiger partial charge is 0.124 e. The molecule has 0 bridgehead atoms. The fraction of sp³-hybridized carbons (Fsp3) is 0.538. The molecule has 0 saturated heterocycles. The zero-order valence-electron chi connectivity index (χ0n) is 9.94. The van der Waals surface area contributed by atoms with E-state index in [1.54, 1.807) is 7.11 Å². The van der Waals surface area contributed by atoms with Gasteiger partial charge in [0.1, 0.15) is 5.75 Å². The minimum atomic E-state index is -0.513. The van der Waals surface area contributed by atoms with Crippen molar-refractivity contribution < 1.29 is 14.9 Å². The van der Waals surface area contributed by atoms with Crippen LogP contribution >= 0.6 is 0 Å². The van der Waals surface area contributed by atoms with Crippen LogP contribution < -0.4 is 4.74 Å². The van der Waals surface area contributed by atoms with Crippen LogP contribution in [0, 0.1) is 6.92 Å². The summed E-state index contributed by atoms with van der Waals surface area (Å²) >= 11 is 0. The quantitative estimate of drug-likeness (QED) is 0.728. The van der Waals surface area contributed by atoms with Crippen LogP contribution in [0.25, 0.3) is 0 Å². The molecule has 16 heavy (non-hydrogen) atoms. The molecule has 1 rings (SSSR count). The number of unbranched alkanes of at least 4 members (excludes halogenated alkanes) is 1. The highest BCUT2D eigenvalue weighted by molar-refractivity contribution is 5.38. The van der Waals surface area contributed by atoms with E-state index in [1.165, 1.54) is 0 Å². The molecule has 90 valence electrons. The number of hydrogen-bond donors (Lipinski definition) is 2. The van der Waals surface area contributed by atoms with E-state index in [1.807, 2.05) is 25.1 Å². The predicted octanol–water partition coefficient (Wildman–Crippen LogP) is 2.20. The van der Waals surface area contributed by atoms with Gasteiger partial charge in [-0.15, -0.1) is 0 Å². The number of aryl methyl sites for hydroxylation is 1. The van der Waals surface area contributed by atoms with Gasteiger partial charge in [0.25, 0.3) is 0 Å². The lowest BCUT2D eigenvalue weighted by Crippen LogP contribution is -2.01. The summed E-state index contributed by atoms with van der Waals surface area (Å²) in [6, 6.07) is 5.78. The van der Waals surface area contributed by atoms with Gasteiger partial charge < -0.3 is 14.9 Å². The van der Waals surface area contributed by atoms with Crippen molar-refractivity contribution in [1.29, 1.82) is 0 Å². The summed E-state index contributed by atoms with van der Waals surface area (Å²) in [5, 5.41) is 18.7. The minimum absolute atomic E-state index is 0.178. The molecule has 3 heteroatoms. The molecule has 2 N–H and O–H groups in total. The van der Waals surface area contributed by atoms with Crippen molar-refractivity contribution in [2.45, 2.75) is 32.3 Å². The number of methoxy groups -OCH3 is 1. The summed E-state index contributed by atoms with van der Waals surface area (Å²) in [5.41, 5.74) is 1.94. The molecule has 0 spiro atoms. The zero-order valence-corrected chi connectivity index (χ0v) is 9.94. The summed E-state index contributed by atoms with van der Waals surface area (Å²) in [6.45, 7) is 2.17. The van der Waals surface area contributed by atoms with Crippen LogP contribution in [0.3, 0.4) is 0 Å². The van der Waals surface area contributed by atoms with Crippen molar-refractivity contribution >= 4 is 0 Å². The van der Waals surface area contributed by atoms with Crippen molar-refractivity contribution in [3.05, 3.63) is 29.3 Å². The highest BCUT2D eigenvalue weighted by Gasteiger charge is 2.12. The first kappa shape index (κ1) is 13.0. The van der Waals surface area contributed by atoms with Gasteiger partial charge in [-0.25, -0.2) is 0 Å². The molecule has 1 unspecified atom stereocenters. The number of aliphatic hydroxyl groups is 2. The van der Waals surface area contributed by atoms with Gasteiger partial charge in [0.15, 0.2) is 0 Å². The Kier molecular flexibility index (Phi) is 5.29. The Morgan fingerprint density at radius 2 is 2.06 bits per heavy atom. The second-order valence-electron chi connectivity index (χ2n) is 3.98. The lowest BCUT2D eigenvalue weighted by molar-refractivity contribution is 0.155. The lowest BCUT2D eigenvalue weighted by Gasteiger charge is -2.15. The molecule has 1 atom stereocenters. The van der Waals surface area contributed by atoms with Gasteiger partial charge in [-0.1, -0.05) is 11.6 Å². The molecule has 0 radical (unpaired) electrons. The third kappa shape index (κ3) is 3.51. The summed E-state index contributed by atoms with van der Waals surface area (Å²) in [4.78, 5) is 0. The van der Waals surface area contributed by atoms with Gasteiger partial charge in [0.05, 0.1) is 13.2 Å². The highest BCUT2D eigenvalue weighted by atomic mass is 16.5. The van der Waals surface area contributed by atoms with E-state index >= 15 is 0 Å². The van der Waals surface area contributed by atoms with Crippen molar-refractivity contribution in [3.8, 4) is 5.75 Å². The third-order valence-electron chi connectivity index (χ3n) is 2.63. The van der Waals surface area contributed by atoms with E-state index < -0.39 is 6.10 Å². The van der Waals surface area contributed by atoms with Crippen LogP contribution in [-0.4, -0.2) is 23.9 Å².